The lowest BCUT2D eigenvalue weighted by Gasteiger charge is -2.10. The molecular formula is C11H13ClFNO5S. The first kappa shape index (κ1) is 16.5. The topological polar surface area (TPSA) is 92.7 Å². The Bertz CT molecular complexity index is 605. The number of phenols is 1. The molecule has 112 valence electrons. The third-order valence-corrected chi connectivity index (χ3v) is 3.97. The van der Waals surface area contributed by atoms with E-state index in [4.69, 9.17) is 11.6 Å². The summed E-state index contributed by atoms with van der Waals surface area (Å²) in [5.41, 5.74) is -0.227. The summed E-state index contributed by atoms with van der Waals surface area (Å²) < 4.78 is 42.9. The van der Waals surface area contributed by atoms with Gasteiger partial charge in [0.2, 0.25) is 10.0 Å². The molecule has 1 aromatic rings. The minimum atomic E-state index is -3.79. The van der Waals surface area contributed by atoms with Crippen LogP contribution >= 0.6 is 11.6 Å². The van der Waals surface area contributed by atoms with Gasteiger partial charge in [0.15, 0.2) is 0 Å². The number of rotatable bonds is 6. The van der Waals surface area contributed by atoms with Gasteiger partial charge in [-0.3, -0.25) is 9.52 Å². The maximum atomic E-state index is 13.0. The van der Waals surface area contributed by atoms with E-state index in [0.717, 1.165) is 6.07 Å². The number of hydrogen-bond donors (Lipinski definition) is 2. The molecule has 0 unspecified atom stereocenters. The van der Waals surface area contributed by atoms with Crippen molar-refractivity contribution >= 4 is 33.3 Å². The van der Waals surface area contributed by atoms with Crippen molar-refractivity contribution in [3.05, 3.63) is 23.0 Å². The fourth-order valence-corrected chi connectivity index (χ4v) is 2.63. The zero-order valence-corrected chi connectivity index (χ0v) is 12.1. The van der Waals surface area contributed by atoms with Gasteiger partial charge in [0, 0.05) is 12.5 Å². The van der Waals surface area contributed by atoms with E-state index in [9.17, 15) is 22.7 Å². The number of carbonyl (C=O) groups is 1. The predicted molar refractivity (Wildman–Crippen MR) is 71.7 cm³/mol. The number of nitrogens with one attached hydrogen (secondary N) is 1. The van der Waals surface area contributed by atoms with E-state index in [0.29, 0.717) is 6.07 Å². The van der Waals surface area contributed by atoms with Gasteiger partial charge in [-0.25, -0.2) is 12.8 Å². The number of esters is 1. The van der Waals surface area contributed by atoms with Crippen LogP contribution in [-0.4, -0.2) is 32.4 Å². The van der Waals surface area contributed by atoms with E-state index >= 15 is 0 Å². The zero-order valence-electron chi connectivity index (χ0n) is 10.5. The molecule has 0 bridgehead atoms. The Morgan fingerprint density at radius 3 is 2.75 bits per heavy atom. The molecule has 9 heteroatoms. The maximum absolute atomic E-state index is 13.0. The first-order valence-corrected chi connectivity index (χ1v) is 7.53. The monoisotopic (exact) mass is 325 g/mol. The number of methoxy groups -OCH3 is 1. The molecule has 0 aliphatic heterocycles. The van der Waals surface area contributed by atoms with Gasteiger partial charge in [0.1, 0.15) is 11.6 Å². The van der Waals surface area contributed by atoms with Gasteiger partial charge in [0.25, 0.3) is 0 Å². The molecule has 0 fully saturated rings. The summed E-state index contributed by atoms with van der Waals surface area (Å²) in [7, 11) is -2.59. The minimum absolute atomic E-state index is 0.0480. The van der Waals surface area contributed by atoms with Gasteiger partial charge in [-0.1, -0.05) is 11.6 Å². The first-order chi connectivity index (χ1) is 9.25. The van der Waals surface area contributed by atoms with Gasteiger partial charge in [-0.05, 0) is 12.5 Å². The van der Waals surface area contributed by atoms with Crippen LogP contribution in [0.4, 0.5) is 10.1 Å². The fraction of sp³-hybridized carbons (Fsp3) is 0.364. The quantitative estimate of drug-likeness (QED) is 0.615. The SMILES string of the molecule is COC(=O)CCCS(=O)(=O)Nc1cc(Cl)c(F)cc1O. The van der Waals surface area contributed by atoms with Crippen molar-refractivity contribution in [2.24, 2.45) is 0 Å². The average molecular weight is 326 g/mol. The van der Waals surface area contributed by atoms with Crippen molar-refractivity contribution in [2.45, 2.75) is 12.8 Å². The number of hydrogen-bond acceptors (Lipinski definition) is 5. The summed E-state index contributed by atoms with van der Waals surface area (Å²) in [4.78, 5) is 10.9. The Hall–Kier alpha value is -1.54. The van der Waals surface area contributed by atoms with E-state index in [2.05, 4.69) is 9.46 Å². The molecule has 0 aliphatic carbocycles. The molecular weight excluding hydrogens is 313 g/mol. The van der Waals surface area contributed by atoms with Gasteiger partial charge >= 0.3 is 5.97 Å². The highest BCUT2D eigenvalue weighted by Crippen LogP contribution is 2.30. The van der Waals surface area contributed by atoms with Crippen LogP contribution in [0.3, 0.4) is 0 Å². The van der Waals surface area contributed by atoms with E-state index < -0.39 is 27.6 Å². The fourth-order valence-electron chi connectivity index (χ4n) is 1.35. The number of phenolic OH excluding ortho intramolecular Hbond substituents is 1. The van der Waals surface area contributed by atoms with Crippen LogP contribution in [0.2, 0.25) is 5.02 Å². The van der Waals surface area contributed by atoms with Crippen LogP contribution < -0.4 is 4.72 Å². The molecule has 20 heavy (non-hydrogen) atoms. The highest BCUT2D eigenvalue weighted by molar-refractivity contribution is 7.92. The van der Waals surface area contributed by atoms with Gasteiger partial charge in [-0.15, -0.1) is 0 Å². The average Bonchev–Trinajstić information content (AvgIpc) is 2.35. The second-order valence-corrected chi connectivity index (χ2v) is 6.13. The maximum Gasteiger partial charge on any atom is 0.305 e. The van der Waals surface area contributed by atoms with Crippen LogP contribution in [-0.2, 0) is 19.6 Å². The molecule has 0 aliphatic rings. The molecule has 2 N–H and O–H groups in total. The second-order valence-electron chi connectivity index (χ2n) is 3.88. The predicted octanol–water partition coefficient (Wildman–Crippen LogP) is 1.88. The summed E-state index contributed by atoms with van der Waals surface area (Å²) in [5, 5.41) is 9.11. The molecule has 0 saturated heterocycles. The molecule has 0 amide bonds. The molecule has 1 aromatic carbocycles. The smallest absolute Gasteiger partial charge is 0.305 e. The van der Waals surface area contributed by atoms with Crippen LogP contribution in [0.15, 0.2) is 12.1 Å². The normalized spacial score (nSPS) is 11.2. The van der Waals surface area contributed by atoms with Crippen molar-refractivity contribution < 1.29 is 27.4 Å². The summed E-state index contributed by atoms with van der Waals surface area (Å²) in [6.45, 7) is 0. The highest BCUT2D eigenvalue weighted by atomic mass is 35.5. The number of sulfonamides is 1. The lowest BCUT2D eigenvalue weighted by Crippen LogP contribution is -2.17. The Labute approximate surface area is 120 Å². The van der Waals surface area contributed by atoms with Crippen molar-refractivity contribution in [3.8, 4) is 5.75 Å². The van der Waals surface area contributed by atoms with E-state index in [1.54, 1.807) is 0 Å². The molecule has 0 radical (unpaired) electrons. The summed E-state index contributed by atoms with van der Waals surface area (Å²) >= 11 is 5.50. The van der Waals surface area contributed by atoms with Crippen molar-refractivity contribution in [1.82, 2.24) is 0 Å². The van der Waals surface area contributed by atoms with Crippen LogP contribution in [0.25, 0.3) is 0 Å². The van der Waals surface area contributed by atoms with Crippen molar-refractivity contribution in [1.29, 1.82) is 0 Å². The Kier molecular flexibility index (Phi) is 5.58. The number of aromatic hydroxyl groups is 1. The van der Waals surface area contributed by atoms with Gasteiger partial charge in [0.05, 0.1) is 23.6 Å². The van der Waals surface area contributed by atoms with Crippen molar-refractivity contribution in [3.63, 3.8) is 0 Å². The van der Waals surface area contributed by atoms with Crippen LogP contribution in [0, 0.1) is 5.82 Å². The van der Waals surface area contributed by atoms with Crippen LogP contribution in [0.1, 0.15) is 12.8 Å². The Morgan fingerprint density at radius 2 is 2.15 bits per heavy atom. The largest absolute Gasteiger partial charge is 0.506 e. The number of benzene rings is 1. The molecule has 0 atom stereocenters. The summed E-state index contributed by atoms with van der Waals surface area (Å²) in [5.74, 6) is -2.31. The molecule has 0 aromatic heterocycles. The Balaban J connectivity index is 2.71. The molecule has 0 saturated carbocycles. The standard InChI is InChI=1S/C11H13ClFNO5S/c1-19-11(16)3-2-4-20(17,18)14-9-5-7(12)8(13)6-10(9)15/h5-6,14-15H,2-4H2,1H3. The molecule has 0 spiro atoms. The van der Waals surface area contributed by atoms with Gasteiger partial charge in [-0.2, -0.15) is 0 Å². The first-order valence-electron chi connectivity index (χ1n) is 5.50. The minimum Gasteiger partial charge on any atom is -0.506 e. The van der Waals surface area contributed by atoms with Gasteiger partial charge < -0.3 is 9.84 Å². The lowest BCUT2D eigenvalue weighted by atomic mass is 10.3. The Morgan fingerprint density at radius 1 is 1.50 bits per heavy atom. The number of halogens is 2. The third-order valence-electron chi connectivity index (χ3n) is 2.33. The number of carbonyl (C=O) groups excluding carboxylic acids is 1. The van der Waals surface area contributed by atoms with E-state index in [-0.39, 0.29) is 29.3 Å². The zero-order chi connectivity index (χ0) is 15.3. The van der Waals surface area contributed by atoms with E-state index in [1.165, 1.54) is 7.11 Å². The van der Waals surface area contributed by atoms with Crippen LogP contribution in [0.5, 0.6) is 5.75 Å². The third kappa shape index (κ3) is 4.86. The summed E-state index contributed by atoms with van der Waals surface area (Å²) in [6, 6.07) is 1.67. The van der Waals surface area contributed by atoms with E-state index in [1.807, 2.05) is 0 Å². The number of ether oxygens (including phenoxy) is 1. The second kappa shape index (κ2) is 6.76. The number of anilines is 1. The lowest BCUT2D eigenvalue weighted by molar-refractivity contribution is -0.140. The molecule has 1 rings (SSSR count). The summed E-state index contributed by atoms with van der Waals surface area (Å²) in [6.07, 6.45) is 0.00522. The van der Waals surface area contributed by atoms with Crippen molar-refractivity contribution in [2.75, 3.05) is 17.6 Å². The molecule has 6 nitrogen and oxygen atoms in total. The molecule has 0 heterocycles. The highest BCUT2D eigenvalue weighted by Gasteiger charge is 2.16.